The number of nitro groups is 1. The van der Waals surface area contributed by atoms with E-state index in [-0.39, 0.29) is 10.6 Å². The van der Waals surface area contributed by atoms with E-state index in [1.54, 1.807) is 12.1 Å². The first-order valence-electron chi connectivity index (χ1n) is 9.38. The van der Waals surface area contributed by atoms with Crippen molar-refractivity contribution < 1.29 is 4.92 Å². The van der Waals surface area contributed by atoms with Crippen LogP contribution in [-0.2, 0) is 0 Å². The molecule has 3 nitrogen and oxygen atoms in total. The van der Waals surface area contributed by atoms with Crippen molar-refractivity contribution in [1.82, 2.24) is 0 Å². The molecule has 0 aliphatic rings. The predicted octanol–water partition coefficient (Wildman–Crippen LogP) is 6.50. The van der Waals surface area contributed by atoms with Crippen molar-refractivity contribution in [2.45, 2.75) is 84.2 Å². The lowest BCUT2D eigenvalue weighted by molar-refractivity contribution is -0.384. The molecule has 0 aromatic heterocycles. The van der Waals surface area contributed by atoms with E-state index in [9.17, 15) is 10.1 Å². The maximum atomic E-state index is 10.9. The Kier molecular flexibility index (Phi) is 9.66. The van der Waals surface area contributed by atoms with Gasteiger partial charge in [-0.05, 0) is 5.82 Å². The third-order valence-corrected chi connectivity index (χ3v) is 4.83. The molecular formula is C19H32BNO2. The molecule has 0 aliphatic heterocycles. The molecule has 1 atom stereocenters. The Morgan fingerprint density at radius 1 is 0.957 bits per heavy atom. The molecule has 0 aliphatic carbocycles. The third-order valence-electron chi connectivity index (χ3n) is 4.83. The van der Waals surface area contributed by atoms with E-state index in [0.717, 1.165) is 0 Å². The number of unbranched alkanes of at least 4 members (excludes halogenated alkanes) is 3. The summed E-state index contributed by atoms with van der Waals surface area (Å²) in [6, 6.07) is 7.32. The monoisotopic (exact) mass is 317 g/mol. The van der Waals surface area contributed by atoms with Gasteiger partial charge in [-0.15, -0.1) is 0 Å². The highest BCUT2D eigenvalue weighted by Crippen LogP contribution is 2.32. The Balaban J connectivity index is 2.95. The van der Waals surface area contributed by atoms with Gasteiger partial charge in [-0.3, -0.25) is 10.1 Å². The molecule has 0 N–H and O–H groups in total. The first kappa shape index (κ1) is 19.7. The number of non-ortho nitro benzene ring substituents is 1. The molecule has 0 heterocycles. The van der Waals surface area contributed by atoms with Gasteiger partial charge in [0.25, 0.3) is 5.69 Å². The number of hydrogen-bond acceptors (Lipinski definition) is 2. The second-order valence-corrected chi connectivity index (χ2v) is 6.64. The van der Waals surface area contributed by atoms with E-state index in [0.29, 0.717) is 12.5 Å². The number of rotatable bonds is 12. The zero-order valence-corrected chi connectivity index (χ0v) is 15.1. The summed E-state index contributed by atoms with van der Waals surface area (Å²) in [5.41, 5.74) is 1.49. The molecule has 0 bridgehead atoms. The summed E-state index contributed by atoms with van der Waals surface area (Å²) in [6.07, 6.45) is 11.2. The molecule has 23 heavy (non-hydrogen) atoms. The lowest BCUT2D eigenvalue weighted by atomic mass is 9.34. The van der Waals surface area contributed by atoms with Gasteiger partial charge in [0.2, 0.25) is 0 Å². The molecule has 0 saturated heterocycles. The molecule has 128 valence electrons. The molecule has 0 fully saturated rings. The average Bonchev–Trinajstić information content (AvgIpc) is 2.57. The number of hydrogen-bond donors (Lipinski definition) is 0. The van der Waals surface area contributed by atoms with Crippen LogP contribution in [0.1, 0.15) is 77.1 Å². The Labute approximate surface area is 142 Å². The van der Waals surface area contributed by atoms with Gasteiger partial charge in [0.15, 0.2) is 0 Å². The van der Waals surface area contributed by atoms with Crippen molar-refractivity contribution in [3.05, 3.63) is 39.9 Å². The normalized spacial score (nSPS) is 12.1. The average molecular weight is 317 g/mol. The minimum Gasteiger partial charge on any atom is -0.258 e. The third kappa shape index (κ3) is 6.76. The quantitative estimate of drug-likeness (QED) is 0.251. The van der Waals surface area contributed by atoms with Crippen LogP contribution in [-0.4, -0.2) is 11.6 Å². The lowest BCUT2D eigenvalue weighted by Gasteiger charge is -2.25. The Morgan fingerprint density at radius 2 is 1.48 bits per heavy atom. The molecule has 0 saturated carbocycles. The van der Waals surface area contributed by atoms with Crippen LogP contribution in [0, 0.1) is 10.1 Å². The standard InChI is InChI=1S/C19H32BNO2/c1-4-7-10-19(20(15-8-5-2)16-9-6-3)17-11-13-18(14-12-17)21(22)23/h11-14,19H,4-10,15-16H2,1-3H3. The van der Waals surface area contributed by atoms with Crippen molar-refractivity contribution in [2.75, 3.05) is 0 Å². The molecule has 0 amide bonds. The van der Waals surface area contributed by atoms with Crippen LogP contribution in [0.25, 0.3) is 0 Å². The predicted molar refractivity (Wildman–Crippen MR) is 101 cm³/mol. The van der Waals surface area contributed by atoms with Crippen LogP contribution >= 0.6 is 0 Å². The molecule has 1 aromatic carbocycles. The largest absolute Gasteiger partial charge is 0.269 e. The lowest BCUT2D eigenvalue weighted by Crippen LogP contribution is -2.24. The molecule has 1 unspecified atom stereocenters. The number of nitrogens with zero attached hydrogens (tertiary/aromatic N) is 1. The van der Waals surface area contributed by atoms with E-state index in [1.165, 1.54) is 63.1 Å². The zero-order chi connectivity index (χ0) is 17.1. The van der Waals surface area contributed by atoms with Gasteiger partial charge >= 0.3 is 0 Å². The fourth-order valence-corrected chi connectivity index (χ4v) is 3.42. The van der Waals surface area contributed by atoms with E-state index in [1.807, 2.05) is 12.1 Å². The van der Waals surface area contributed by atoms with Gasteiger partial charge < -0.3 is 0 Å². The summed E-state index contributed by atoms with van der Waals surface area (Å²) in [5.74, 6) is 0.550. The number of benzene rings is 1. The van der Waals surface area contributed by atoms with Crippen LogP contribution in [0.4, 0.5) is 5.69 Å². The molecule has 1 aromatic rings. The summed E-state index contributed by atoms with van der Waals surface area (Å²) < 4.78 is 0. The highest BCUT2D eigenvalue weighted by Gasteiger charge is 2.25. The Bertz CT molecular complexity index is 439. The van der Waals surface area contributed by atoms with Crippen molar-refractivity contribution >= 4 is 12.4 Å². The smallest absolute Gasteiger partial charge is 0.258 e. The molecular weight excluding hydrogens is 285 g/mol. The van der Waals surface area contributed by atoms with Gasteiger partial charge in [-0.2, -0.15) is 0 Å². The van der Waals surface area contributed by atoms with Gasteiger partial charge in [-0.25, -0.2) is 0 Å². The van der Waals surface area contributed by atoms with Crippen LogP contribution in [0.15, 0.2) is 24.3 Å². The minimum atomic E-state index is -0.309. The second kappa shape index (κ2) is 11.3. The fraction of sp³-hybridized carbons (Fsp3) is 0.684. The van der Waals surface area contributed by atoms with E-state index < -0.39 is 0 Å². The van der Waals surface area contributed by atoms with E-state index >= 15 is 0 Å². The second-order valence-electron chi connectivity index (χ2n) is 6.64. The van der Waals surface area contributed by atoms with Crippen LogP contribution in [0.2, 0.25) is 12.6 Å². The van der Waals surface area contributed by atoms with Gasteiger partial charge in [0.1, 0.15) is 6.71 Å². The summed E-state index contributed by atoms with van der Waals surface area (Å²) in [6.45, 7) is 7.45. The first-order valence-corrected chi connectivity index (χ1v) is 9.38. The highest BCUT2D eigenvalue weighted by molar-refractivity contribution is 6.60. The van der Waals surface area contributed by atoms with E-state index in [2.05, 4.69) is 20.8 Å². The summed E-state index contributed by atoms with van der Waals surface area (Å²) in [7, 11) is 0. The minimum absolute atomic E-state index is 0.196. The van der Waals surface area contributed by atoms with Crippen molar-refractivity contribution in [2.24, 2.45) is 0 Å². The molecule has 1 rings (SSSR count). The van der Waals surface area contributed by atoms with Gasteiger partial charge in [-0.1, -0.05) is 96.1 Å². The summed E-state index contributed by atoms with van der Waals surface area (Å²) in [4.78, 5) is 10.6. The van der Waals surface area contributed by atoms with Crippen molar-refractivity contribution in [3.63, 3.8) is 0 Å². The zero-order valence-electron chi connectivity index (χ0n) is 15.1. The fourth-order valence-electron chi connectivity index (χ4n) is 3.42. The summed E-state index contributed by atoms with van der Waals surface area (Å²) in [5, 5.41) is 10.9. The van der Waals surface area contributed by atoms with Crippen molar-refractivity contribution in [3.8, 4) is 0 Å². The van der Waals surface area contributed by atoms with Crippen LogP contribution < -0.4 is 0 Å². The SMILES string of the molecule is CCCCB(CCCC)C(CCCC)c1ccc([N+](=O)[O-])cc1. The summed E-state index contributed by atoms with van der Waals surface area (Å²) >= 11 is 0. The van der Waals surface area contributed by atoms with Crippen LogP contribution in [0.3, 0.4) is 0 Å². The molecule has 4 heteroatoms. The van der Waals surface area contributed by atoms with Gasteiger partial charge in [0.05, 0.1) is 4.92 Å². The van der Waals surface area contributed by atoms with E-state index in [4.69, 9.17) is 0 Å². The van der Waals surface area contributed by atoms with Crippen LogP contribution in [0.5, 0.6) is 0 Å². The first-order chi connectivity index (χ1) is 11.1. The molecule has 0 spiro atoms. The topological polar surface area (TPSA) is 43.1 Å². The highest BCUT2D eigenvalue weighted by atomic mass is 16.6. The van der Waals surface area contributed by atoms with Gasteiger partial charge in [0, 0.05) is 12.1 Å². The molecule has 0 radical (unpaired) electrons. The maximum Gasteiger partial charge on any atom is 0.269 e. The Morgan fingerprint density at radius 3 is 1.91 bits per heavy atom. The Hall–Kier alpha value is -1.32. The number of nitro benzene ring substituents is 1. The maximum absolute atomic E-state index is 10.9. The van der Waals surface area contributed by atoms with Crippen molar-refractivity contribution in [1.29, 1.82) is 0 Å².